The number of hydrogen-bond acceptors (Lipinski definition) is 9. The van der Waals surface area contributed by atoms with E-state index >= 15 is 0 Å². The molecule has 1 aromatic carbocycles. The number of H-pyrrole nitrogens is 1. The summed E-state index contributed by atoms with van der Waals surface area (Å²) in [5.41, 5.74) is 1.32. The van der Waals surface area contributed by atoms with Crippen LogP contribution in [0.1, 0.15) is 34.4 Å². The van der Waals surface area contributed by atoms with Crippen molar-refractivity contribution < 1.29 is 9.72 Å². The van der Waals surface area contributed by atoms with Crippen LogP contribution < -0.4 is 5.32 Å². The summed E-state index contributed by atoms with van der Waals surface area (Å²) in [5.74, 6) is -0.671. The van der Waals surface area contributed by atoms with Crippen molar-refractivity contribution in [1.82, 2.24) is 15.2 Å². The van der Waals surface area contributed by atoms with Crippen LogP contribution in [0.4, 0.5) is 10.7 Å². The zero-order valence-corrected chi connectivity index (χ0v) is 18.6. The molecule has 0 atom stereocenters. The van der Waals surface area contributed by atoms with Crippen LogP contribution in [0.2, 0.25) is 0 Å². The van der Waals surface area contributed by atoms with E-state index in [1.165, 1.54) is 35.9 Å². The molecule has 2 aromatic heterocycles. The second-order valence-corrected chi connectivity index (χ2v) is 9.16. The van der Waals surface area contributed by atoms with Gasteiger partial charge in [-0.2, -0.15) is 15.6 Å². The van der Waals surface area contributed by atoms with Crippen LogP contribution in [-0.4, -0.2) is 26.0 Å². The number of nitrogens with one attached hydrogen (secondary N) is 2. The molecule has 12 heteroatoms. The van der Waals surface area contributed by atoms with E-state index in [9.17, 15) is 25.4 Å². The van der Waals surface area contributed by atoms with Gasteiger partial charge in [-0.1, -0.05) is 6.07 Å². The van der Waals surface area contributed by atoms with Gasteiger partial charge in [-0.15, -0.1) is 11.3 Å². The van der Waals surface area contributed by atoms with E-state index in [0.717, 1.165) is 47.9 Å². The summed E-state index contributed by atoms with van der Waals surface area (Å²) in [6.07, 6.45) is 6.29. The molecular formula is C21H15N7O3S2. The van der Waals surface area contributed by atoms with Gasteiger partial charge < -0.3 is 5.32 Å². The quantitative estimate of drug-likeness (QED) is 0.231. The number of aryl methyl sites for hydroxylation is 1. The molecule has 0 radical (unpaired) electrons. The van der Waals surface area contributed by atoms with E-state index in [1.807, 2.05) is 6.07 Å². The number of fused-ring (bicyclic) bond motifs is 1. The lowest BCUT2D eigenvalue weighted by Crippen LogP contribution is -2.13. The van der Waals surface area contributed by atoms with Crippen LogP contribution in [0.25, 0.3) is 6.08 Å². The van der Waals surface area contributed by atoms with Crippen molar-refractivity contribution in [2.45, 2.75) is 35.7 Å². The lowest BCUT2D eigenvalue weighted by Gasteiger charge is -2.09. The molecule has 0 saturated heterocycles. The number of anilines is 1. The first-order valence-electron chi connectivity index (χ1n) is 9.79. The van der Waals surface area contributed by atoms with Gasteiger partial charge in [0.15, 0.2) is 5.16 Å². The predicted octanol–water partition coefficient (Wildman–Crippen LogP) is 4.22. The Bertz CT molecular complexity index is 1350. The molecule has 2 heterocycles. The van der Waals surface area contributed by atoms with Gasteiger partial charge in [-0.25, -0.2) is 4.98 Å². The number of rotatable bonds is 6. The molecule has 0 bridgehead atoms. The van der Waals surface area contributed by atoms with Gasteiger partial charge in [-0.05, 0) is 60.7 Å². The maximum atomic E-state index is 12.8. The van der Waals surface area contributed by atoms with Crippen LogP contribution in [0.15, 0.2) is 40.2 Å². The topological polar surface area (TPSA) is 161 Å². The number of thiophene rings is 1. The number of aromatic nitrogens is 3. The van der Waals surface area contributed by atoms with E-state index in [4.69, 9.17) is 0 Å². The zero-order chi connectivity index (χ0) is 23.4. The number of benzene rings is 1. The lowest BCUT2D eigenvalue weighted by molar-refractivity contribution is -0.387. The molecule has 0 aliphatic heterocycles. The Balaban J connectivity index is 1.60. The number of nitro benzene ring substituents is 1. The highest BCUT2D eigenvalue weighted by atomic mass is 32.2. The normalized spacial score (nSPS) is 13.0. The van der Waals surface area contributed by atoms with E-state index in [-0.39, 0.29) is 11.3 Å². The first-order valence-corrected chi connectivity index (χ1v) is 11.4. The molecule has 4 rings (SSSR count). The summed E-state index contributed by atoms with van der Waals surface area (Å²) in [7, 11) is 0. The molecule has 1 aliphatic rings. The van der Waals surface area contributed by atoms with Gasteiger partial charge in [0.1, 0.15) is 29.0 Å². The number of nitro groups is 1. The molecule has 1 aliphatic carbocycles. The van der Waals surface area contributed by atoms with Gasteiger partial charge in [0.05, 0.1) is 15.4 Å². The molecule has 2 N–H and O–H groups in total. The Labute approximate surface area is 196 Å². The molecule has 0 spiro atoms. The summed E-state index contributed by atoms with van der Waals surface area (Å²) >= 11 is 2.40. The van der Waals surface area contributed by atoms with Crippen LogP contribution in [0.3, 0.4) is 0 Å². The second kappa shape index (κ2) is 9.65. The Morgan fingerprint density at radius 2 is 2.15 bits per heavy atom. The van der Waals surface area contributed by atoms with Crippen LogP contribution in [0, 0.1) is 32.8 Å². The lowest BCUT2D eigenvalue weighted by atomic mass is 9.96. The fourth-order valence-electron chi connectivity index (χ4n) is 3.46. The molecule has 0 saturated carbocycles. The maximum Gasteiger partial charge on any atom is 0.283 e. The molecular weight excluding hydrogens is 462 g/mol. The summed E-state index contributed by atoms with van der Waals surface area (Å²) < 4.78 is 0. The summed E-state index contributed by atoms with van der Waals surface area (Å²) in [4.78, 5) is 29.1. The number of hydrogen-bond donors (Lipinski definition) is 2. The van der Waals surface area contributed by atoms with E-state index in [2.05, 4.69) is 26.6 Å². The van der Waals surface area contributed by atoms with Crippen molar-refractivity contribution in [1.29, 1.82) is 10.5 Å². The molecule has 164 valence electrons. The second-order valence-electron chi connectivity index (χ2n) is 7.03. The zero-order valence-electron chi connectivity index (χ0n) is 17.0. The number of amides is 1. The third-order valence-corrected chi connectivity index (χ3v) is 7.13. The van der Waals surface area contributed by atoms with Crippen LogP contribution in [-0.2, 0) is 17.6 Å². The largest absolute Gasteiger partial charge is 0.312 e. The van der Waals surface area contributed by atoms with Crippen molar-refractivity contribution in [3.8, 4) is 12.1 Å². The molecule has 10 nitrogen and oxygen atoms in total. The average Bonchev–Trinajstić information content (AvgIpc) is 3.45. The van der Waals surface area contributed by atoms with Crippen molar-refractivity contribution in [2.75, 3.05) is 5.32 Å². The molecule has 3 aromatic rings. The first kappa shape index (κ1) is 22.2. The fourth-order valence-corrected chi connectivity index (χ4v) is 5.47. The Morgan fingerprint density at radius 3 is 2.85 bits per heavy atom. The number of nitrogens with zero attached hydrogens (tertiary/aromatic N) is 5. The van der Waals surface area contributed by atoms with Gasteiger partial charge in [-0.3, -0.25) is 20.0 Å². The maximum absolute atomic E-state index is 12.8. The highest BCUT2D eigenvalue weighted by Crippen LogP contribution is 2.38. The van der Waals surface area contributed by atoms with Crippen molar-refractivity contribution in [2.24, 2.45) is 0 Å². The van der Waals surface area contributed by atoms with E-state index < -0.39 is 10.8 Å². The number of carbonyl (C=O) groups is 1. The third kappa shape index (κ3) is 4.77. The first-order chi connectivity index (χ1) is 16.0. The Kier molecular flexibility index (Phi) is 6.49. The SMILES string of the molecule is N#CC(=Cc1ccc(Sc2ncn[nH]2)c([N+](=O)[O-])c1)C(=O)Nc1sc2c(c1C#N)CCCC2. The smallest absolute Gasteiger partial charge is 0.283 e. The summed E-state index contributed by atoms with van der Waals surface area (Å²) in [6.45, 7) is 0. The minimum Gasteiger partial charge on any atom is -0.312 e. The number of nitriles is 2. The summed E-state index contributed by atoms with van der Waals surface area (Å²) in [5, 5.41) is 40.5. The van der Waals surface area contributed by atoms with E-state index in [0.29, 0.717) is 26.2 Å². The van der Waals surface area contributed by atoms with E-state index in [1.54, 1.807) is 6.07 Å². The monoisotopic (exact) mass is 477 g/mol. The summed E-state index contributed by atoms with van der Waals surface area (Å²) in [6, 6.07) is 8.38. The molecule has 33 heavy (non-hydrogen) atoms. The number of carbonyl (C=O) groups excluding carboxylic acids is 1. The van der Waals surface area contributed by atoms with Crippen molar-refractivity contribution >= 4 is 45.8 Å². The predicted molar refractivity (Wildman–Crippen MR) is 121 cm³/mol. The average molecular weight is 478 g/mol. The molecule has 0 fully saturated rings. The molecule has 1 amide bonds. The minimum atomic E-state index is -0.671. The Morgan fingerprint density at radius 1 is 1.33 bits per heavy atom. The highest BCUT2D eigenvalue weighted by molar-refractivity contribution is 7.99. The molecule has 0 unspecified atom stereocenters. The van der Waals surface area contributed by atoms with Crippen molar-refractivity contribution in [3.05, 3.63) is 61.8 Å². The Hall–Kier alpha value is -4.00. The van der Waals surface area contributed by atoms with Crippen molar-refractivity contribution in [3.63, 3.8) is 0 Å². The fraction of sp³-hybridized carbons (Fsp3) is 0.190. The highest BCUT2D eigenvalue weighted by Gasteiger charge is 2.23. The van der Waals surface area contributed by atoms with Gasteiger partial charge in [0, 0.05) is 10.9 Å². The minimum absolute atomic E-state index is 0.194. The van der Waals surface area contributed by atoms with Crippen LogP contribution in [0.5, 0.6) is 0 Å². The van der Waals surface area contributed by atoms with Crippen LogP contribution >= 0.6 is 23.1 Å². The van der Waals surface area contributed by atoms with Gasteiger partial charge in [0.25, 0.3) is 11.6 Å². The third-order valence-electron chi connectivity index (χ3n) is 4.97. The van der Waals surface area contributed by atoms with Gasteiger partial charge in [0.2, 0.25) is 0 Å². The van der Waals surface area contributed by atoms with Gasteiger partial charge >= 0.3 is 0 Å². The number of aromatic amines is 1. The standard InChI is InChI=1S/C21H15N7O3S2/c22-9-13(19(29)26-20-15(10-23)14-3-1-2-4-17(14)32-20)7-12-5-6-18(16(8-12)28(30)31)33-21-24-11-25-27-21/h5-8,11H,1-4H2,(H,26,29)(H,24,25,27).